The van der Waals surface area contributed by atoms with Crippen molar-refractivity contribution in [3.63, 3.8) is 0 Å². The molecule has 1 aliphatic rings. The number of thiazole rings is 1. The first-order valence-electron chi connectivity index (χ1n) is 9.32. The molecule has 0 aliphatic carbocycles. The quantitative estimate of drug-likeness (QED) is 0.551. The van der Waals surface area contributed by atoms with Crippen molar-refractivity contribution in [3.05, 3.63) is 41.3 Å². The molecule has 0 amide bonds. The van der Waals surface area contributed by atoms with Gasteiger partial charge in [-0.2, -0.15) is 0 Å². The van der Waals surface area contributed by atoms with Crippen LogP contribution in [0.3, 0.4) is 0 Å². The van der Waals surface area contributed by atoms with Gasteiger partial charge >= 0.3 is 0 Å². The first kappa shape index (κ1) is 18.2. The smallest absolute Gasteiger partial charge is 0.232 e. The number of rotatable bonds is 4. The second-order valence-electron chi connectivity index (χ2n) is 7.13. The molecule has 2 aromatic carbocycles. The third-order valence-corrected chi connectivity index (χ3v) is 6.20. The molecule has 4 aromatic rings. The fourth-order valence-corrected chi connectivity index (χ4v) is 4.90. The minimum Gasteiger partial charge on any atom is -0.485 e. The average molecular weight is 410 g/mol. The summed E-state index contributed by atoms with van der Waals surface area (Å²) in [6.45, 7) is 2.67. The van der Waals surface area contributed by atoms with Crippen LogP contribution < -0.4 is 14.8 Å². The third kappa shape index (κ3) is 2.99. The molecule has 0 spiro atoms. The number of halogens is 1. The fourth-order valence-electron chi connectivity index (χ4n) is 3.79. The van der Waals surface area contributed by atoms with E-state index in [4.69, 9.17) is 14.5 Å². The molecule has 1 unspecified atom stereocenters. The summed E-state index contributed by atoms with van der Waals surface area (Å²) in [4.78, 5) is 13.8. The van der Waals surface area contributed by atoms with Crippen LogP contribution >= 0.6 is 11.3 Å². The first-order valence-corrected chi connectivity index (χ1v) is 10.1. The second kappa shape index (κ2) is 6.89. The van der Waals surface area contributed by atoms with E-state index >= 15 is 0 Å². The van der Waals surface area contributed by atoms with Crippen LogP contribution in [0, 0.1) is 12.7 Å². The lowest BCUT2D eigenvalue weighted by atomic mass is 10.1. The van der Waals surface area contributed by atoms with Gasteiger partial charge in [-0.1, -0.05) is 0 Å². The fraction of sp³-hybridized carbons (Fsp3) is 0.286. The Morgan fingerprint density at radius 3 is 2.93 bits per heavy atom. The lowest BCUT2D eigenvalue weighted by molar-refractivity contribution is 0.223. The Morgan fingerprint density at radius 1 is 1.28 bits per heavy atom. The third-order valence-electron chi connectivity index (χ3n) is 5.04. The Hall–Kier alpha value is -2.84. The molecule has 0 saturated heterocycles. The van der Waals surface area contributed by atoms with Crippen LogP contribution in [0.4, 0.5) is 4.39 Å². The van der Waals surface area contributed by atoms with Crippen LogP contribution in [-0.4, -0.2) is 41.8 Å². The standard InChI is InChI=1S/C21H19FN4O2S/c1-10-4-12(18-15(5-10)25-17(27-3)9-24-18)21-26-16-7-14(22)19-13(20(16)29-21)6-11(28-19)8-23-2/h4-5,7,9,11,23H,6,8H2,1-3H3. The van der Waals surface area contributed by atoms with E-state index in [0.717, 1.165) is 37.4 Å². The number of hydrogen-bond acceptors (Lipinski definition) is 7. The van der Waals surface area contributed by atoms with Gasteiger partial charge in [0.05, 0.1) is 34.6 Å². The maximum Gasteiger partial charge on any atom is 0.232 e. The molecule has 0 saturated carbocycles. The van der Waals surface area contributed by atoms with Crippen LogP contribution in [0.25, 0.3) is 31.8 Å². The first-order chi connectivity index (χ1) is 14.1. The number of methoxy groups -OCH3 is 1. The van der Waals surface area contributed by atoms with E-state index in [1.54, 1.807) is 24.6 Å². The van der Waals surface area contributed by atoms with Crippen LogP contribution in [0.15, 0.2) is 24.4 Å². The van der Waals surface area contributed by atoms with E-state index in [9.17, 15) is 4.39 Å². The molecular formula is C21H19FN4O2S. The highest BCUT2D eigenvalue weighted by molar-refractivity contribution is 7.22. The molecule has 0 bridgehead atoms. The molecule has 8 heteroatoms. The summed E-state index contributed by atoms with van der Waals surface area (Å²) in [5.41, 5.74) is 4.96. The van der Waals surface area contributed by atoms with Gasteiger partial charge in [0.15, 0.2) is 11.6 Å². The van der Waals surface area contributed by atoms with Crippen LogP contribution in [0.5, 0.6) is 11.6 Å². The summed E-state index contributed by atoms with van der Waals surface area (Å²) >= 11 is 1.54. The highest BCUT2D eigenvalue weighted by Crippen LogP contribution is 2.43. The molecule has 2 aromatic heterocycles. The number of aryl methyl sites for hydroxylation is 1. The summed E-state index contributed by atoms with van der Waals surface area (Å²) in [6.07, 6.45) is 2.19. The van der Waals surface area contributed by atoms with Gasteiger partial charge in [-0.05, 0) is 31.7 Å². The normalized spacial score (nSPS) is 15.7. The number of hydrogen-bond donors (Lipinski definition) is 1. The molecule has 148 valence electrons. The van der Waals surface area contributed by atoms with Crippen molar-refractivity contribution in [2.24, 2.45) is 0 Å². The number of fused-ring (bicyclic) bond motifs is 4. The maximum absolute atomic E-state index is 14.6. The van der Waals surface area contributed by atoms with Gasteiger partial charge in [-0.25, -0.2) is 19.3 Å². The van der Waals surface area contributed by atoms with E-state index in [1.807, 2.05) is 26.1 Å². The average Bonchev–Trinajstić information content (AvgIpc) is 3.31. The lowest BCUT2D eigenvalue weighted by Crippen LogP contribution is -2.27. The van der Waals surface area contributed by atoms with Crippen LogP contribution in [-0.2, 0) is 6.42 Å². The highest BCUT2D eigenvalue weighted by atomic mass is 32.1. The van der Waals surface area contributed by atoms with Gasteiger partial charge in [0.2, 0.25) is 5.88 Å². The molecule has 1 N–H and O–H groups in total. The van der Waals surface area contributed by atoms with Gasteiger partial charge in [-0.15, -0.1) is 11.3 Å². The summed E-state index contributed by atoms with van der Waals surface area (Å²) in [5.74, 6) is 0.458. The SMILES string of the molecule is CNCC1Cc2c(c(F)cc3nc(-c4cc(C)cc5nc(OC)cnc45)sc23)O1. The molecular weight excluding hydrogens is 391 g/mol. The van der Waals surface area contributed by atoms with Gasteiger partial charge in [0.25, 0.3) is 0 Å². The van der Waals surface area contributed by atoms with Crippen LogP contribution in [0.1, 0.15) is 11.1 Å². The number of likely N-dealkylation sites (N-methyl/N-ethyl adjacent to an activating group) is 1. The van der Waals surface area contributed by atoms with Crippen molar-refractivity contribution >= 4 is 32.6 Å². The van der Waals surface area contributed by atoms with Crippen molar-refractivity contribution in [2.45, 2.75) is 19.4 Å². The predicted octanol–water partition coefficient (Wildman–Crippen LogP) is 3.89. The zero-order valence-corrected chi connectivity index (χ0v) is 17.1. The van der Waals surface area contributed by atoms with Crippen LogP contribution in [0.2, 0.25) is 0 Å². The van der Waals surface area contributed by atoms with Crippen molar-refractivity contribution in [1.82, 2.24) is 20.3 Å². The minimum absolute atomic E-state index is 0.0706. The van der Waals surface area contributed by atoms with Crippen molar-refractivity contribution in [1.29, 1.82) is 0 Å². The summed E-state index contributed by atoms with van der Waals surface area (Å²) in [6, 6.07) is 5.47. The maximum atomic E-state index is 14.6. The Bertz CT molecular complexity index is 1260. The van der Waals surface area contributed by atoms with Gasteiger partial charge < -0.3 is 14.8 Å². The number of aromatic nitrogens is 3. The topological polar surface area (TPSA) is 69.2 Å². The highest BCUT2D eigenvalue weighted by Gasteiger charge is 2.29. The van der Waals surface area contributed by atoms with E-state index in [1.165, 1.54) is 6.07 Å². The van der Waals surface area contributed by atoms with E-state index in [-0.39, 0.29) is 11.9 Å². The Morgan fingerprint density at radius 2 is 2.14 bits per heavy atom. The zero-order chi connectivity index (χ0) is 20.1. The van der Waals surface area contributed by atoms with Crippen molar-refractivity contribution in [3.8, 4) is 22.2 Å². The molecule has 5 rings (SSSR count). The molecule has 1 atom stereocenters. The number of ether oxygens (including phenoxy) is 2. The molecule has 0 fully saturated rings. The molecule has 6 nitrogen and oxygen atoms in total. The van der Waals surface area contributed by atoms with E-state index in [0.29, 0.717) is 30.1 Å². The Kier molecular flexibility index (Phi) is 4.33. The van der Waals surface area contributed by atoms with E-state index in [2.05, 4.69) is 15.3 Å². The molecule has 29 heavy (non-hydrogen) atoms. The Balaban J connectivity index is 1.69. The van der Waals surface area contributed by atoms with Crippen molar-refractivity contribution in [2.75, 3.05) is 20.7 Å². The number of nitrogens with zero attached hydrogens (tertiary/aromatic N) is 3. The summed E-state index contributed by atoms with van der Waals surface area (Å²) in [7, 11) is 3.43. The molecule has 1 aliphatic heterocycles. The largest absolute Gasteiger partial charge is 0.485 e. The molecule has 3 heterocycles. The lowest BCUT2D eigenvalue weighted by Gasteiger charge is -2.08. The predicted molar refractivity (Wildman–Crippen MR) is 111 cm³/mol. The van der Waals surface area contributed by atoms with Gasteiger partial charge in [0, 0.05) is 30.2 Å². The van der Waals surface area contributed by atoms with E-state index < -0.39 is 0 Å². The Labute approximate surface area is 170 Å². The van der Waals surface area contributed by atoms with Gasteiger partial charge in [-0.3, -0.25) is 0 Å². The summed E-state index contributed by atoms with van der Waals surface area (Å²) in [5, 5.41) is 3.88. The molecule has 0 radical (unpaired) electrons. The second-order valence-corrected chi connectivity index (χ2v) is 8.13. The number of nitrogens with one attached hydrogen (secondary N) is 1. The monoisotopic (exact) mass is 410 g/mol. The number of benzene rings is 2. The van der Waals surface area contributed by atoms with Crippen molar-refractivity contribution < 1.29 is 13.9 Å². The zero-order valence-electron chi connectivity index (χ0n) is 16.2. The van der Waals surface area contributed by atoms with Gasteiger partial charge in [0.1, 0.15) is 11.1 Å². The summed E-state index contributed by atoms with van der Waals surface area (Å²) < 4.78 is 26.6. The minimum atomic E-state index is -0.360.